The Bertz CT molecular complexity index is 644. The highest BCUT2D eigenvalue weighted by Gasteiger charge is 2.25. The first-order valence-corrected chi connectivity index (χ1v) is 7.77. The maximum Gasteiger partial charge on any atom is 0.274 e. The van der Waals surface area contributed by atoms with E-state index in [0.717, 1.165) is 37.3 Å². The minimum absolute atomic E-state index is 0.00433. The Kier molecular flexibility index (Phi) is 4.24. The van der Waals surface area contributed by atoms with Gasteiger partial charge in [0.25, 0.3) is 5.91 Å². The molecule has 0 aliphatic carbocycles. The van der Waals surface area contributed by atoms with Gasteiger partial charge < -0.3 is 10.2 Å². The molecule has 1 aliphatic rings. The van der Waals surface area contributed by atoms with Crippen LogP contribution in [0, 0.1) is 6.92 Å². The Labute approximate surface area is 130 Å². The van der Waals surface area contributed by atoms with Gasteiger partial charge in [0, 0.05) is 18.8 Å². The summed E-state index contributed by atoms with van der Waals surface area (Å²) >= 11 is 0. The van der Waals surface area contributed by atoms with Crippen LogP contribution in [0.1, 0.15) is 29.0 Å². The molecular formula is C17H22N4O. The minimum atomic E-state index is 0.00433. The van der Waals surface area contributed by atoms with Crippen molar-refractivity contribution in [1.29, 1.82) is 0 Å². The number of piperidine rings is 1. The number of carbonyl (C=O) groups excluding carboxylic acids is 1. The molecule has 1 N–H and O–H groups in total. The first-order chi connectivity index (χ1) is 10.7. The zero-order valence-electron chi connectivity index (χ0n) is 13.1. The van der Waals surface area contributed by atoms with Gasteiger partial charge in [-0.05, 0) is 51.1 Å². The van der Waals surface area contributed by atoms with Gasteiger partial charge in [0.2, 0.25) is 0 Å². The molecule has 0 bridgehead atoms. The van der Waals surface area contributed by atoms with E-state index in [1.54, 1.807) is 0 Å². The third-order valence-corrected chi connectivity index (χ3v) is 4.28. The summed E-state index contributed by atoms with van der Waals surface area (Å²) in [6.45, 7) is 3.92. The molecule has 2 heterocycles. The Balaban J connectivity index is 1.81. The fourth-order valence-corrected chi connectivity index (χ4v) is 2.95. The summed E-state index contributed by atoms with van der Waals surface area (Å²) in [6.07, 6.45) is 2.00. The van der Waals surface area contributed by atoms with E-state index >= 15 is 0 Å². The average Bonchev–Trinajstić information content (AvgIpc) is 2.97. The Morgan fingerprint density at radius 3 is 2.64 bits per heavy atom. The van der Waals surface area contributed by atoms with Crippen molar-refractivity contribution in [2.24, 2.45) is 0 Å². The van der Waals surface area contributed by atoms with Crippen LogP contribution in [0.5, 0.6) is 0 Å². The Hall–Kier alpha value is -2.14. The summed E-state index contributed by atoms with van der Waals surface area (Å²) in [7, 11) is 1.88. The smallest absolute Gasteiger partial charge is 0.274 e. The number of rotatable bonds is 3. The lowest BCUT2D eigenvalue weighted by Crippen LogP contribution is -2.44. The first kappa shape index (κ1) is 14.8. The number of hydrogen-bond donors (Lipinski definition) is 1. The molecule has 1 fully saturated rings. The molecule has 1 amide bonds. The molecule has 0 spiro atoms. The van der Waals surface area contributed by atoms with E-state index in [-0.39, 0.29) is 5.91 Å². The molecule has 22 heavy (non-hydrogen) atoms. The number of para-hydroxylation sites is 1. The summed E-state index contributed by atoms with van der Waals surface area (Å²) in [6, 6.07) is 12.1. The van der Waals surface area contributed by atoms with E-state index in [2.05, 4.69) is 10.4 Å². The number of benzene rings is 1. The topological polar surface area (TPSA) is 50.2 Å². The van der Waals surface area contributed by atoms with Gasteiger partial charge in [-0.25, -0.2) is 4.68 Å². The van der Waals surface area contributed by atoms with Gasteiger partial charge in [0.15, 0.2) is 5.69 Å². The molecule has 5 heteroatoms. The monoisotopic (exact) mass is 298 g/mol. The normalized spacial score (nSPS) is 15.7. The zero-order valence-corrected chi connectivity index (χ0v) is 13.1. The van der Waals surface area contributed by atoms with Crippen molar-refractivity contribution >= 4 is 5.91 Å². The summed E-state index contributed by atoms with van der Waals surface area (Å²) in [5.74, 6) is 0.00433. The molecule has 2 aromatic rings. The number of aryl methyl sites for hydroxylation is 1. The number of carbonyl (C=O) groups is 1. The lowest BCUT2D eigenvalue weighted by atomic mass is 10.1. The van der Waals surface area contributed by atoms with E-state index in [9.17, 15) is 4.79 Å². The molecule has 1 saturated heterocycles. The summed E-state index contributed by atoms with van der Waals surface area (Å²) in [5, 5.41) is 7.83. The molecular weight excluding hydrogens is 276 g/mol. The highest BCUT2D eigenvalue weighted by atomic mass is 16.2. The molecule has 0 unspecified atom stereocenters. The minimum Gasteiger partial charge on any atom is -0.337 e. The van der Waals surface area contributed by atoms with Crippen LogP contribution >= 0.6 is 0 Å². The molecule has 1 aliphatic heterocycles. The van der Waals surface area contributed by atoms with Crippen molar-refractivity contribution in [2.45, 2.75) is 25.8 Å². The van der Waals surface area contributed by atoms with E-state index < -0.39 is 0 Å². The Morgan fingerprint density at radius 2 is 1.95 bits per heavy atom. The second-order valence-corrected chi connectivity index (χ2v) is 5.82. The largest absolute Gasteiger partial charge is 0.337 e. The second kappa shape index (κ2) is 6.32. The maximum absolute atomic E-state index is 12.7. The van der Waals surface area contributed by atoms with Gasteiger partial charge in [-0.3, -0.25) is 4.79 Å². The summed E-state index contributed by atoms with van der Waals surface area (Å²) in [5.41, 5.74) is 2.46. The van der Waals surface area contributed by atoms with Crippen molar-refractivity contribution < 1.29 is 4.79 Å². The van der Waals surface area contributed by atoms with Gasteiger partial charge >= 0.3 is 0 Å². The van der Waals surface area contributed by atoms with Crippen LogP contribution in [-0.2, 0) is 0 Å². The molecule has 3 rings (SSSR count). The van der Waals surface area contributed by atoms with Gasteiger partial charge in [-0.15, -0.1) is 0 Å². The number of aromatic nitrogens is 2. The van der Waals surface area contributed by atoms with Crippen LogP contribution in [0.2, 0.25) is 0 Å². The standard InChI is InChI=1S/C17H22N4O/c1-13-12-16(19-21(13)15-6-4-3-5-7-15)17(22)20(2)14-8-10-18-11-9-14/h3-7,12,14,18H,8-11H2,1-2H3. The molecule has 0 atom stereocenters. The molecule has 1 aromatic heterocycles. The van der Waals surface area contributed by atoms with Crippen molar-refractivity contribution in [3.63, 3.8) is 0 Å². The molecule has 0 radical (unpaired) electrons. The van der Waals surface area contributed by atoms with Gasteiger partial charge in [0.1, 0.15) is 0 Å². The fourth-order valence-electron chi connectivity index (χ4n) is 2.95. The quantitative estimate of drug-likeness (QED) is 0.943. The van der Waals surface area contributed by atoms with Gasteiger partial charge in [-0.1, -0.05) is 18.2 Å². The highest BCUT2D eigenvalue weighted by Crippen LogP contribution is 2.16. The van der Waals surface area contributed by atoms with E-state index in [4.69, 9.17) is 0 Å². The number of amides is 1. The fraction of sp³-hybridized carbons (Fsp3) is 0.412. The Morgan fingerprint density at radius 1 is 1.27 bits per heavy atom. The van der Waals surface area contributed by atoms with Gasteiger partial charge in [-0.2, -0.15) is 5.10 Å². The van der Waals surface area contributed by atoms with Crippen molar-refractivity contribution in [3.05, 3.63) is 47.8 Å². The van der Waals surface area contributed by atoms with Crippen LogP contribution in [0.3, 0.4) is 0 Å². The molecule has 1 aromatic carbocycles. The predicted octanol–water partition coefficient (Wildman–Crippen LogP) is 2.00. The van der Waals surface area contributed by atoms with Crippen LogP contribution in [0.4, 0.5) is 0 Å². The van der Waals surface area contributed by atoms with E-state index in [1.165, 1.54) is 0 Å². The molecule has 0 saturated carbocycles. The summed E-state index contributed by atoms with van der Waals surface area (Å²) < 4.78 is 1.82. The lowest BCUT2D eigenvalue weighted by molar-refractivity contribution is 0.0697. The molecule has 5 nitrogen and oxygen atoms in total. The number of nitrogens with one attached hydrogen (secondary N) is 1. The van der Waals surface area contributed by atoms with Crippen LogP contribution < -0.4 is 5.32 Å². The van der Waals surface area contributed by atoms with E-state index in [1.807, 2.05) is 60.0 Å². The lowest BCUT2D eigenvalue weighted by Gasteiger charge is -2.31. The maximum atomic E-state index is 12.7. The molecule has 116 valence electrons. The predicted molar refractivity (Wildman–Crippen MR) is 86.3 cm³/mol. The van der Waals surface area contributed by atoms with Crippen LogP contribution in [0.15, 0.2) is 36.4 Å². The van der Waals surface area contributed by atoms with Crippen molar-refractivity contribution in [2.75, 3.05) is 20.1 Å². The highest BCUT2D eigenvalue weighted by molar-refractivity contribution is 5.92. The second-order valence-electron chi connectivity index (χ2n) is 5.82. The first-order valence-electron chi connectivity index (χ1n) is 7.77. The third kappa shape index (κ3) is 2.90. The summed E-state index contributed by atoms with van der Waals surface area (Å²) in [4.78, 5) is 14.5. The number of hydrogen-bond acceptors (Lipinski definition) is 3. The van der Waals surface area contributed by atoms with Crippen molar-refractivity contribution in [1.82, 2.24) is 20.0 Å². The number of nitrogens with zero attached hydrogens (tertiary/aromatic N) is 3. The van der Waals surface area contributed by atoms with E-state index in [0.29, 0.717) is 11.7 Å². The van der Waals surface area contributed by atoms with Crippen LogP contribution in [0.25, 0.3) is 5.69 Å². The van der Waals surface area contributed by atoms with Crippen molar-refractivity contribution in [3.8, 4) is 5.69 Å². The SMILES string of the molecule is Cc1cc(C(=O)N(C)C2CCNCC2)nn1-c1ccccc1. The zero-order chi connectivity index (χ0) is 15.5. The van der Waals surface area contributed by atoms with Gasteiger partial charge in [0.05, 0.1) is 5.69 Å². The van der Waals surface area contributed by atoms with Crippen LogP contribution in [-0.4, -0.2) is 46.8 Å². The average molecular weight is 298 g/mol. The third-order valence-electron chi connectivity index (χ3n) is 4.28.